The molecule has 0 amide bonds. The number of esters is 1. The van der Waals surface area contributed by atoms with E-state index in [2.05, 4.69) is 20.2 Å². The van der Waals surface area contributed by atoms with Crippen LogP contribution in [-0.4, -0.2) is 49.4 Å². The number of ether oxygens (including phenoxy) is 2. The summed E-state index contributed by atoms with van der Waals surface area (Å²) in [6.07, 6.45) is 1.51. The molecule has 2 heterocycles. The fraction of sp³-hybridized carbons (Fsp3) is 0.312. The van der Waals surface area contributed by atoms with Gasteiger partial charge < -0.3 is 19.7 Å². The number of benzene rings is 1. The number of para-hydroxylation sites is 1. The molecule has 1 aromatic carbocycles. The summed E-state index contributed by atoms with van der Waals surface area (Å²) in [5, 5.41) is 3.16. The zero-order valence-electron chi connectivity index (χ0n) is 12.9. The van der Waals surface area contributed by atoms with E-state index in [0.29, 0.717) is 30.3 Å². The second-order valence-electron chi connectivity index (χ2n) is 5.02. The standard InChI is InChI=1S/C16H18N4O3/c1-22-16(21)12-4-2-3-5-13(12)19-14-10-15(18-11-17-14)20-6-8-23-9-7-20/h2-5,10-11H,6-9H2,1H3,(H,17,18,19). The summed E-state index contributed by atoms with van der Waals surface area (Å²) in [5.41, 5.74) is 1.10. The Balaban J connectivity index is 1.82. The van der Waals surface area contributed by atoms with Crippen LogP contribution in [0.3, 0.4) is 0 Å². The van der Waals surface area contributed by atoms with Crippen molar-refractivity contribution in [1.82, 2.24) is 9.97 Å². The molecule has 7 heteroatoms. The Labute approximate surface area is 134 Å². The second-order valence-corrected chi connectivity index (χ2v) is 5.02. The Morgan fingerprint density at radius 2 is 2.04 bits per heavy atom. The molecule has 1 aliphatic rings. The van der Waals surface area contributed by atoms with Gasteiger partial charge in [-0.25, -0.2) is 14.8 Å². The van der Waals surface area contributed by atoms with E-state index < -0.39 is 5.97 Å². The van der Waals surface area contributed by atoms with Gasteiger partial charge in [0.1, 0.15) is 18.0 Å². The number of anilines is 3. The third-order valence-electron chi connectivity index (χ3n) is 3.58. The van der Waals surface area contributed by atoms with E-state index in [1.54, 1.807) is 12.1 Å². The first kappa shape index (κ1) is 15.2. The molecule has 0 saturated carbocycles. The Kier molecular flexibility index (Phi) is 4.68. The van der Waals surface area contributed by atoms with Crippen LogP contribution in [0, 0.1) is 0 Å². The van der Waals surface area contributed by atoms with Gasteiger partial charge in [-0.05, 0) is 12.1 Å². The fourth-order valence-corrected chi connectivity index (χ4v) is 2.40. The summed E-state index contributed by atoms with van der Waals surface area (Å²) in [7, 11) is 1.36. The predicted octanol–water partition coefficient (Wildman–Crippen LogP) is 1.84. The maximum absolute atomic E-state index is 11.8. The molecule has 1 saturated heterocycles. The molecule has 0 radical (unpaired) electrons. The number of hydrogen-bond acceptors (Lipinski definition) is 7. The highest BCUT2D eigenvalue weighted by atomic mass is 16.5. The van der Waals surface area contributed by atoms with Crippen LogP contribution in [0.2, 0.25) is 0 Å². The largest absolute Gasteiger partial charge is 0.465 e. The maximum Gasteiger partial charge on any atom is 0.339 e. The zero-order chi connectivity index (χ0) is 16.1. The van der Waals surface area contributed by atoms with Crippen molar-refractivity contribution < 1.29 is 14.3 Å². The van der Waals surface area contributed by atoms with Crippen molar-refractivity contribution in [2.45, 2.75) is 0 Å². The van der Waals surface area contributed by atoms with Crippen molar-refractivity contribution in [3.63, 3.8) is 0 Å². The molecule has 0 spiro atoms. The summed E-state index contributed by atoms with van der Waals surface area (Å²) in [6, 6.07) is 9.01. The van der Waals surface area contributed by atoms with E-state index in [-0.39, 0.29) is 0 Å². The molecule has 1 fully saturated rings. The van der Waals surface area contributed by atoms with E-state index in [4.69, 9.17) is 9.47 Å². The molecular formula is C16H18N4O3. The van der Waals surface area contributed by atoms with Crippen LogP contribution < -0.4 is 10.2 Å². The summed E-state index contributed by atoms with van der Waals surface area (Å²) in [4.78, 5) is 22.5. The lowest BCUT2D eigenvalue weighted by atomic mass is 10.2. The maximum atomic E-state index is 11.8. The molecule has 120 valence electrons. The SMILES string of the molecule is COC(=O)c1ccccc1Nc1cc(N2CCOCC2)ncn1. The molecule has 1 N–H and O–H groups in total. The number of rotatable bonds is 4. The van der Waals surface area contributed by atoms with Crippen LogP contribution in [0.5, 0.6) is 0 Å². The molecule has 1 aliphatic heterocycles. The first-order valence-corrected chi connectivity index (χ1v) is 7.37. The monoisotopic (exact) mass is 314 g/mol. The number of methoxy groups -OCH3 is 1. The average molecular weight is 314 g/mol. The quantitative estimate of drug-likeness (QED) is 0.863. The Hall–Kier alpha value is -2.67. The van der Waals surface area contributed by atoms with Crippen LogP contribution in [-0.2, 0) is 9.47 Å². The van der Waals surface area contributed by atoms with Crippen molar-refractivity contribution in [3.05, 3.63) is 42.2 Å². The van der Waals surface area contributed by atoms with E-state index in [9.17, 15) is 4.79 Å². The van der Waals surface area contributed by atoms with Gasteiger partial charge in [0.05, 0.1) is 31.6 Å². The number of hydrogen-bond donors (Lipinski definition) is 1. The minimum atomic E-state index is -0.393. The Morgan fingerprint density at radius 1 is 1.26 bits per heavy atom. The zero-order valence-corrected chi connectivity index (χ0v) is 12.9. The van der Waals surface area contributed by atoms with Gasteiger partial charge in [0, 0.05) is 19.2 Å². The van der Waals surface area contributed by atoms with Crippen LogP contribution in [0.4, 0.5) is 17.3 Å². The molecular weight excluding hydrogens is 296 g/mol. The van der Waals surface area contributed by atoms with Crippen LogP contribution in [0.1, 0.15) is 10.4 Å². The lowest BCUT2D eigenvalue weighted by Crippen LogP contribution is -2.36. The van der Waals surface area contributed by atoms with Crippen LogP contribution >= 0.6 is 0 Å². The Morgan fingerprint density at radius 3 is 2.83 bits per heavy atom. The normalized spacial score (nSPS) is 14.4. The van der Waals surface area contributed by atoms with Crippen LogP contribution in [0.25, 0.3) is 0 Å². The van der Waals surface area contributed by atoms with Gasteiger partial charge in [0.25, 0.3) is 0 Å². The topological polar surface area (TPSA) is 76.6 Å². The third-order valence-corrected chi connectivity index (χ3v) is 3.58. The molecule has 0 aliphatic carbocycles. The molecule has 2 aromatic rings. The Bertz CT molecular complexity index is 687. The summed E-state index contributed by atoms with van der Waals surface area (Å²) in [5.74, 6) is 1.06. The molecule has 1 aromatic heterocycles. The number of morpholine rings is 1. The molecule has 0 unspecified atom stereocenters. The highest BCUT2D eigenvalue weighted by Crippen LogP contribution is 2.22. The van der Waals surface area contributed by atoms with Gasteiger partial charge in [-0.3, -0.25) is 0 Å². The average Bonchev–Trinajstić information content (AvgIpc) is 2.62. The van der Waals surface area contributed by atoms with Crippen molar-refractivity contribution in [2.24, 2.45) is 0 Å². The molecule has 7 nitrogen and oxygen atoms in total. The predicted molar refractivity (Wildman–Crippen MR) is 86.1 cm³/mol. The molecule has 23 heavy (non-hydrogen) atoms. The van der Waals surface area contributed by atoms with E-state index in [0.717, 1.165) is 18.9 Å². The van der Waals surface area contributed by atoms with E-state index in [1.807, 2.05) is 18.2 Å². The minimum absolute atomic E-state index is 0.393. The van der Waals surface area contributed by atoms with Crippen molar-refractivity contribution in [2.75, 3.05) is 43.6 Å². The second kappa shape index (κ2) is 7.06. The van der Waals surface area contributed by atoms with E-state index in [1.165, 1.54) is 13.4 Å². The van der Waals surface area contributed by atoms with Gasteiger partial charge >= 0.3 is 5.97 Å². The van der Waals surface area contributed by atoms with Crippen molar-refractivity contribution in [1.29, 1.82) is 0 Å². The van der Waals surface area contributed by atoms with Gasteiger partial charge in [-0.15, -0.1) is 0 Å². The lowest BCUT2D eigenvalue weighted by Gasteiger charge is -2.27. The number of nitrogens with one attached hydrogen (secondary N) is 1. The molecule has 0 bridgehead atoms. The van der Waals surface area contributed by atoms with Gasteiger partial charge in [-0.2, -0.15) is 0 Å². The summed E-state index contributed by atoms with van der Waals surface area (Å²) < 4.78 is 10.1. The number of carbonyl (C=O) groups excluding carboxylic acids is 1. The first-order chi connectivity index (χ1) is 11.3. The van der Waals surface area contributed by atoms with Gasteiger partial charge in [0.2, 0.25) is 0 Å². The number of carbonyl (C=O) groups is 1. The highest BCUT2D eigenvalue weighted by Gasteiger charge is 2.15. The minimum Gasteiger partial charge on any atom is -0.465 e. The first-order valence-electron chi connectivity index (χ1n) is 7.37. The molecule has 3 rings (SSSR count). The third kappa shape index (κ3) is 3.57. The van der Waals surface area contributed by atoms with Crippen molar-refractivity contribution >= 4 is 23.3 Å². The lowest BCUT2D eigenvalue weighted by molar-refractivity contribution is 0.0602. The smallest absolute Gasteiger partial charge is 0.339 e. The van der Waals surface area contributed by atoms with Gasteiger partial charge in [0.15, 0.2) is 0 Å². The summed E-state index contributed by atoms with van der Waals surface area (Å²) in [6.45, 7) is 2.99. The van der Waals surface area contributed by atoms with E-state index >= 15 is 0 Å². The highest BCUT2D eigenvalue weighted by molar-refractivity contribution is 5.96. The fourth-order valence-electron chi connectivity index (χ4n) is 2.40. The van der Waals surface area contributed by atoms with Gasteiger partial charge in [-0.1, -0.05) is 12.1 Å². The van der Waals surface area contributed by atoms with Crippen molar-refractivity contribution in [3.8, 4) is 0 Å². The number of aromatic nitrogens is 2. The van der Waals surface area contributed by atoms with Crippen LogP contribution in [0.15, 0.2) is 36.7 Å². The summed E-state index contributed by atoms with van der Waals surface area (Å²) >= 11 is 0. The molecule has 0 atom stereocenters. The number of nitrogens with zero attached hydrogens (tertiary/aromatic N) is 3.